The third-order valence-electron chi connectivity index (χ3n) is 4.36. The lowest BCUT2D eigenvalue weighted by atomic mass is 9.88. The Balaban J connectivity index is 1.60. The van der Waals surface area contributed by atoms with Crippen LogP contribution in [-0.2, 0) is 4.79 Å². The highest BCUT2D eigenvalue weighted by molar-refractivity contribution is 5.78. The van der Waals surface area contributed by atoms with E-state index in [0.717, 1.165) is 26.2 Å². The van der Waals surface area contributed by atoms with Gasteiger partial charge in [0.2, 0.25) is 5.91 Å². The van der Waals surface area contributed by atoms with Crippen LogP contribution in [-0.4, -0.2) is 50.1 Å². The maximum absolute atomic E-state index is 11.9. The van der Waals surface area contributed by atoms with Gasteiger partial charge in [0.25, 0.3) is 0 Å². The molecule has 2 saturated heterocycles. The molecule has 1 unspecified atom stereocenters. The molecule has 0 spiro atoms. The minimum absolute atomic E-state index is 0.162. The van der Waals surface area contributed by atoms with Gasteiger partial charge in [-0.15, -0.1) is 0 Å². The Morgan fingerprint density at radius 2 is 1.94 bits per heavy atom. The van der Waals surface area contributed by atoms with Gasteiger partial charge < -0.3 is 15.5 Å². The van der Waals surface area contributed by atoms with Gasteiger partial charge in [0.05, 0.1) is 0 Å². The smallest absolute Gasteiger partial charge is 0.223 e. The van der Waals surface area contributed by atoms with Gasteiger partial charge in [-0.25, -0.2) is 0 Å². The predicted octanol–water partition coefficient (Wildman–Crippen LogP) is 0.834. The van der Waals surface area contributed by atoms with Crippen LogP contribution in [0.4, 0.5) is 0 Å². The van der Waals surface area contributed by atoms with Gasteiger partial charge in [0.15, 0.2) is 0 Å². The largest absolute Gasteiger partial charge is 0.355 e. The maximum Gasteiger partial charge on any atom is 0.223 e. The summed E-state index contributed by atoms with van der Waals surface area (Å²) in [6.45, 7) is 8.29. The molecule has 0 aliphatic carbocycles. The van der Waals surface area contributed by atoms with E-state index in [0.29, 0.717) is 5.92 Å². The molecule has 1 amide bonds. The molecule has 2 aliphatic heterocycles. The average Bonchev–Trinajstić information content (AvgIpc) is 2.55. The second-order valence-electron chi connectivity index (χ2n) is 5.75. The van der Waals surface area contributed by atoms with Gasteiger partial charge >= 0.3 is 0 Å². The van der Waals surface area contributed by atoms with E-state index in [4.69, 9.17) is 0 Å². The van der Waals surface area contributed by atoms with Gasteiger partial charge in [-0.1, -0.05) is 19.8 Å². The van der Waals surface area contributed by atoms with Gasteiger partial charge in [0.1, 0.15) is 0 Å². The number of carbonyl (C=O) groups excluding carboxylic acids is 1. The Bertz CT molecular complexity index is 258. The predicted molar refractivity (Wildman–Crippen MR) is 73.4 cm³/mol. The van der Waals surface area contributed by atoms with E-state index in [1.165, 1.54) is 38.8 Å². The first-order chi connectivity index (χ1) is 8.77. The highest BCUT2D eigenvalue weighted by Gasteiger charge is 2.28. The fourth-order valence-electron chi connectivity index (χ4n) is 2.74. The van der Waals surface area contributed by atoms with Crippen molar-refractivity contribution in [2.24, 2.45) is 11.8 Å². The molecule has 4 nitrogen and oxygen atoms in total. The van der Waals surface area contributed by atoms with Crippen molar-refractivity contribution in [1.82, 2.24) is 15.5 Å². The lowest BCUT2D eigenvalue weighted by molar-refractivity contribution is -0.126. The monoisotopic (exact) mass is 253 g/mol. The SMILES string of the molecule is CC(C(=O)NCCN1CCCCCC1)C1CNC1. The molecule has 0 bridgehead atoms. The average molecular weight is 253 g/mol. The number of nitrogens with zero attached hydrogens (tertiary/aromatic N) is 1. The Morgan fingerprint density at radius 1 is 1.28 bits per heavy atom. The molecule has 0 aromatic heterocycles. The van der Waals surface area contributed by atoms with Gasteiger partial charge in [-0.3, -0.25) is 4.79 Å². The number of carbonyl (C=O) groups is 1. The number of likely N-dealkylation sites (tertiary alicyclic amines) is 1. The Hall–Kier alpha value is -0.610. The van der Waals surface area contributed by atoms with E-state index in [1.807, 2.05) is 6.92 Å². The van der Waals surface area contributed by atoms with Gasteiger partial charge in [-0.2, -0.15) is 0 Å². The van der Waals surface area contributed by atoms with Crippen molar-refractivity contribution in [3.05, 3.63) is 0 Å². The molecular formula is C14H27N3O. The van der Waals surface area contributed by atoms with Crippen LogP contribution in [0.25, 0.3) is 0 Å². The van der Waals surface area contributed by atoms with Crippen LogP contribution in [0.1, 0.15) is 32.6 Å². The number of rotatable bonds is 5. The lowest BCUT2D eigenvalue weighted by Crippen LogP contribution is -2.50. The Morgan fingerprint density at radius 3 is 2.50 bits per heavy atom. The van der Waals surface area contributed by atoms with E-state index in [-0.39, 0.29) is 11.8 Å². The molecule has 104 valence electrons. The molecule has 0 aromatic carbocycles. The first-order valence-corrected chi connectivity index (χ1v) is 7.48. The molecule has 2 fully saturated rings. The summed E-state index contributed by atoms with van der Waals surface area (Å²) in [6.07, 6.45) is 5.37. The van der Waals surface area contributed by atoms with E-state index in [1.54, 1.807) is 0 Å². The second-order valence-corrected chi connectivity index (χ2v) is 5.75. The summed E-state index contributed by atoms with van der Waals surface area (Å²) < 4.78 is 0. The zero-order chi connectivity index (χ0) is 12.8. The minimum atomic E-state index is 0.162. The molecule has 2 aliphatic rings. The van der Waals surface area contributed by atoms with Crippen molar-refractivity contribution >= 4 is 5.91 Å². The molecule has 0 radical (unpaired) electrons. The minimum Gasteiger partial charge on any atom is -0.355 e. The van der Waals surface area contributed by atoms with E-state index >= 15 is 0 Å². The zero-order valence-electron chi connectivity index (χ0n) is 11.6. The molecule has 2 heterocycles. The van der Waals surface area contributed by atoms with Gasteiger partial charge in [0, 0.05) is 19.0 Å². The van der Waals surface area contributed by atoms with Crippen molar-refractivity contribution in [3.8, 4) is 0 Å². The third kappa shape index (κ3) is 3.95. The fourth-order valence-corrected chi connectivity index (χ4v) is 2.74. The van der Waals surface area contributed by atoms with E-state index in [2.05, 4.69) is 15.5 Å². The third-order valence-corrected chi connectivity index (χ3v) is 4.36. The maximum atomic E-state index is 11.9. The first-order valence-electron chi connectivity index (χ1n) is 7.48. The Labute approximate surface area is 110 Å². The lowest BCUT2D eigenvalue weighted by Gasteiger charge is -2.32. The van der Waals surface area contributed by atoms with Crippen LogP contribution in [0.15, 0.2) is 0 Å². The molecule has 2 rings (SSSR count). The highest BCUT2D eigenvalue weighted by atomic mass is 16.1. The molecule has 2 N–H and O–H groups in total. The summed E-state index contributed by atoms with van der Waals surface area (Å²) in [7, 11) is 0. The van der Waals surface area contributed by atoms with Crippen LogP contribution in [0.5, 0.6) is 0 Å². The van der Waals surface area contributed by atoms with Crippen LogP contribution in [0.3, 0.4) is 0 Å². The van der Waals surface area contributed by atoms with Crippen LogP contribution in [0.2, 0.25) is 0 Å². The molecule has 1 atom stereocenters. The summed E-state index contributed by atoms with van der Waals surface area (Å²) in [4.78, 5) is 14.4. The summed E-state index contributed by atoms with van der Waals surface area (Å²) in [5, 5.41) is 6.31. The standard InChI is InChI=1S/C14H27N3O/c1-12(13-10-15-11-13)14(18)16-6-9-17-7-4-2-3-5-8-17/h12-13,15H,2-11H2,1H3,(H,16,18). The normalized spacial score (nSPS) is 24.1. The number of hydrogen-bond donors (Lipinski definition) is 2. The van der Waals surface area contributed by atoms with Crippen molar-refractivity contribution in [2.75, 3.05) is 39.3 Å². The number of hydrogen-bond acceptors (Lipinski definition) is 3. The highest BCUT2D eigenvalue weighted by Crippen LogP contribution is 2.15. The van der Waals surface area contributed by atoms with Crippen LogP contribution in [0, 0.1) is 11.8 Å². The van der Waals surface area contributed by atoms with E-state index < -0.39 is 0 Å². The van der Waals surface area contributed by atoms with Crippen molar-refractivity contribution in [2.45, 2.75) is 32.6 Å². The molecular weight excluding hydrogens is 226 g/mol. The van der Waals surface area contributed by atoms with Crippen molar-refractivity contribution < 1.29 is 4.79 Å². The molecule has 0 saturated carbocycles. The van der Waals surface area contributed by atoms with Crippen molar-refractivity contribution in [3.63, 3.8) is 0 Å². The summed E-state index contributed by atoms with van der Waals surface area (Å²) in [5.41, 5.74) is 0. The second kappa shape index (κ2) is 7.10. The number of amides is 1. The zero-order valence-corrected chi connectivity index (χ0v) is 11.6. The fraction of sp³-hybridized carbons (Fsp3) is 0.929. The summed E-state index contributed by atoms with van der Waals surface area (Å²) in [5.74, 6) is 0.940. The molecule has 4 heteroatoms. The summed E-state index contributed by atoms with van der Waals surface area (Å²) in [6, 6.07) is 0. The summed E-state index contributed by atoms with van der Waals surface area (Å²) >= 11 is 0. The molecule has 0 aromatic rings. The molecule has 18 heavy (non-hydrogen) atoms. The first kappa shape index (κ1) is 13.8. The van der Waals surface area contributed by atoms with E-state index in [9.17, 15) is 4.79 Å². The quantitative estimate of drug-likeness (QED) is 0.763. The van der Waals surface area contributed by atoms with Crippen molar-refractivity contribution in [1.29, 1.82) is 0 Å². The topological polar surface area (TPSA) is 44.4 Å². The van der Waals surface area contributed by atoms with Crippen LogP contribution >= 0.6 is 0 Å². The van der Waals surface area contributed by atoms with Gasteiger partial charge in [-0.05, 0) is 44.9 Å². The number of nitrogens with one attached hydrogen (secondary N) is 2. The van der Waals surface area contributed by atoms with Crippen LogP contribution < -0.4 is 10.6 Å². The Kier molecular flexibility index (Phi) is 5.45.